The van der Waals surface area contributed by atoms with Gasteiger partial charge in [-0.2, -0.15) is 10.2 Å². The van der Waals surface area contributed by atoms with Gasteiger partial charge < -0.3 is 5.32 Å². The maximum atomic E-state index is 11.9. The Morgan fingerprint density at radius 2 is 2.05 bits per heavy atom. The first kappa shape index (κ1) is 13.7. The van der Waals surface area contributed by atoms with Gasteiger partial charge in [0.05, 0.1) is 22.5 Å². The van der Waals surface area contributed by atoms with E-state index in [2.05, 4.69) is 15.5 Å². The molecule has 0 atom stereocenters. The molecule has 2 rings (SSSR count). The maximum Gasteiger partial charge on any atom is 0.309 e. The molecule has 1 amide bonds. The summed E-state index contributed by atoms with van der Waals surface area (Å²) in [7, 11) is 1.77. The van der Waals surface area contributed by atoms with E-state index in [1.807, 2.05) is 6.92 Å². The fourth-order valence-electron chi connectivity index (χ4n) is 1.72. The molecular weight excluding hydrogens is 264 g/mol. The SMILES string of the molecule is Cc1c(NC(=O)Cn2ncc([N+](=O)[O-])c2C)cnn1C. The van der Waals surface area contributed by atoms with Gasteiger partial charge in [-0.1, -0.05) is 0 Å². The Balaban J connectivity index is 2.09. The van der Waals surface area contributed by atoms with Crippen LogP contribution in [0.25, 0.3) is 0 Å². The molecule has 1 N–H and O–H groups in total. The molecule has 0 saturated carbocycles. The van der Waals surface area contributed by atoms with Crippen molar-refractivity contribution in [1.29, 1.82) is 0 Å². The van der Waals surface area contributed by atoms with Crippen LogP contribution in [0.5, 0.6) is 0 Å². The molecule has 0 aliphatic heterocycles. The Morgan fingerprint density at radius 3 is 2.55 bits per heavy atom. The third-order valence-electron chi connectivity index (χ3n) is 3.08. The minimum absolute atomic E-state index is 0.0893. The minimum atomic E-state index is -0.526. The summed E-state index contributed by atoms with van der Waals surface area (Å²) in [4.78, 5) is 22.1. The molecule has 0 aliphatic carbocycles. The van der Waals surface area contributed by atoms with E-state index in [4.69, 9.17) is 0 Å². The fourth-order valence-corrected chi connectivity index (χ4v) is 1.72. The second kappa shape index (κ2) is 5.11. The third kappa shape index (κ3) is 2.51. The predicted octanol–water partition coefficient (Wildman–Crippen LogP) is 0.780. The van der Waals surface area contributed by atoms with E-state index in [0.29, 0.717) is 11.4 Å². The standard InChI is InChI=1S/C11H14N6O3/c1-7-9(4-12-15(7)3)14-11(18)6-16-8(2)10(5-13-16)17(19)20/h4-5H,6H2,1-3H3,(H,14,18). The number of carbonyl (C=O) groups is 1. The van der Waals surface area contributed by atoms with Gasteiger partial charge >= 0.3 is 5.69 Å². The first-order valence-electron chi connectivity index (χ1n) is 5.85. The molecule has 0 radical (unpaired) electrons. The van der Waals surface area contributed by atoms with Gasteiger partial charge in [0.15, 0.2) is 0 Å². The van der Waals surface area contributed by atoms with Crippen molar-refractivity contribution >= 4 is 17.3 Å². The minimum Gasteiger partial charge on any atom is -0.322 e. The smallest absolute Gasteiger partial charge is 0.309 e. The van der Waals surface area contributed by atoms with E-state index < -0.39 is 4.92 Å². The Bertz CT molecular complexity index is 672. The summed E-state index contributed by atoms with van der Waals surface area (Å²) in [6.45, 7) is 3.29. The summed E-state index contributed by atoms with van der Waals surface area (Å²) in [5, 5.41) is 21.2. The van der Waals surface area contributed by atoms with Crippen molar-refractivity contribution < 1.29 is 9.72 Å². The molecule has 0 fully saturated rings. The van der Waals surface area contributed by atoms with Gasteiger partial charge in [0.25, 0.3) is 0 Å². The Labute approximate surface area is 114 Å². The molecule has 106 valence electrons. The summed E-state index contributed by atoms with van der Waals surface area (Å²) in [5.41, 5.74) is 1.67. The van der Waals surface area contributed by atoms with Gasteiger partial charge in [-0.3, -0.25) is 24.3 Å². The highest BCUT2D eigenvalue weighted by Gasteiger charge is 2.18. The highest BCUT2D eigenvalue weighted by atomic mass is 16.6. The van der Waals surface area contributed by atoms with Gasteiger partial charge in [0, 0.05) is 7.05 Å². The molecular formula is C11H14N6O3. The lowest BCUT2D eigenvalue weighted by molar-refractivity contribution is -0.385. The topological polar surface area (TPSA) is 108 Å². The van der Waals surface area contributed by atoms with Crippen molar-refractivity contribution in [3.8, 4) is 0 Å². The lowest BCUT2D eigenvalue weighted by atomic mass is 10.4. The fraction of sp³-hybridized carbons (Fsp3) is 0.364. The average molecular weight is 278 g/mol. The molecule has 0 saturated heterocycles. The molecule has 0 aliphatic rings. The number of aromatic nitrogens is 4. The van der Waals surface area contributed by atoms with Crippen molar-refractivity contribution in [1.82, 2.24) is 19.6 Å². The third-order valence-corrected chi connectivity index (χ3v) is 3.08. The number of aryl methyl sites for hydroxylation is 1. The number of anilines is 1. The molecule has 9 heteroatoms. The van der Waals surface area contributed by atoms with Crippen molar-refractivity contribution in [2.24, 2.45) is 7.05 Å². The van der Waals surface area contributed by atoms with E-state index in [1.54, 1.807) is 24.9 Å². The lowest BCUT2D eigenvalue weighted by Gasteiger charge is -2.05. The molecule has 2 aromatic rings. The largest absolute Gasteiger partial charge is 0.322 e. The van der Waals surface area contributed by atoms with Crippen molar-refractivity contribution in [3.63, 3.8) is 0 Å². The van der Waals surface area contributed by atoms with Crippen molar-refractivity contribution in [3.05, 3.63) is 33.9 Å². The maximum absolute atomic E-state index is 11.9. The molecule has 20 heavy (non-hydrogen) atoms. The lowest BCUT2D eigenvalue weighted by Crippen LogP contribution is -2.20. The predicted molar refractivity (Wildman–Crippen MR) is 70.2 cm³/mol. The second-order valence-corrected chi connectivity index (χ2v) is 4.35. The monoisotopic (exact) mass is 278 g/mol. The molecule has 0 aromatic carbocycles. The van der Waals surface area contributed by atoms with Crippen LogP contribution in [0, 0.1) is 24.0 Å². The van der Waals surface area contributed by atoms with E-state index in [-0.39, 0.29) is 18.1 Å². The highest BCUT2D eigenvalue weighted by Crippen LogP contribution is 2.16. The normalized spacial score (nSPS) is 10.6. The van der Waals surface area contributed by atoms with Gasteiger partial charge in [-0.25, -0.2) is 0 Å². The van der Waals surface area contributed by atoms with Crippen LogP contribution in [0.2, 0.25) is 0 Å². The molecule has 2 aromatic heterocycles. The number of nitro groups is 1. The van der Waals surface area contributed by atoms with Crippen LogP contribution in [-0.4, -0.2) is 30.4 Å². The van der Waals surface area contributed by atoms with E-state index in [9.17, 15) is 14.9 Å². The second-order valence-electron chi connectivity index (χ2n) is 4.35. The average Bonchev–Trinajstić information content (AvgIpc) is 2.88. The summed E-state index contributed by atoms with van der Waals surface area (Å²) in [5.74, 6) is -0.317. The number of hydrogen-bond donors (Lipinski definition) is 1. The van der Waals surface area contributed by atoms with Crippen molar-refractivity contribution in [2.75, 3.05) is 5.32 Å². The van der Waals surface area contributed by atoms with Crippen molar-refractivity contribution in [2.45, 2.75) is 20.4 Å². The molecule has 0 bridgehead atoms. The number of carbonyl (C=O) groups excluding carboxylic acids is 1. The number of nitrogens with one attached hydrogen (secondary N) is 1. The van der Waals surface area contributed by atoms with Crippen LogP contribution in [0.3, 0.4) is 0 Å². The van der Waals surface area contributed by atoms with Gasteiger partial charge in [0.1, 0.15) is 18.4 Å². The van der Waals surface area contributed by atoms with Crippen LogP contribution in [0.4, 0.5) is 11.4 Å². The molecule has 0 unspecified atom stereocenters. The number of rotatable bonds is 4. The van der Waals surface area contributed by atoms with Crippen LogP contribution >= 0.6 is 0 Å². The first-order chi connectivity index (χ1) is 9.40. The van der Waals surface area contributed by atoms with E-state index in [0.717, 1.165) is 11.9 Å². The summed E-state index contributed by atoms with van der Waals surface area (Å²) in [6.07, 6.45) is 2.68. The Hall–Kier alpha value is -2.71. The number of nitrogens with zero attached hydrogens (tertiary/aromatic N) is 5. The van der Waals surface area contributed by atoms with Crippen LogP contribution in [0.15, 0.2) is 12.4 Å². The molecule has 0 spiro atoms. The Morgan fingerprint density at radius 1 is 1.35 bits per heavy atom. The van der Waals surface area contributed by atoms with Crippen LogP contribution < -0.4 is 5.32 Å². The van der Waals surface area contributed by atoms with Gasteiger partial charge in [0.2, 0.25) is 5.91 Å². The van der Waals surface area contributed by atoms with Gasteiger partial charge in [-0.15, -0.1) is 0 Å². The van der Waals surface area contributed by atoms with E-state index >= 15 is 0 Å². The Kier molecular flexibility index (Phi) is 3.51. The zero-order valence-electron chi connectivity index (χ0n) is 11.3. The number of hydrogen-bond acceptors (Lipinski definition) is 5. The summed E-state index contributed by atoms with van der Waals surface area (Å²) < 4.78 is 2.93. The van der Waals surface area contributed by atoms with Crippen LogP contribution in [0.1, 0.15) is 11.4 Å². The van der Waals surface area contributed by atoms with Gasteiger partial charge in [-0.05, 0) is 13.8 Å². The number of amides is 1. The quantitative estimate of drug-likeness (QED) is 0.656. The zero-order chi connectivity index (χ0) is 14.9. The summed E-state index contributed by atoms with van der Waals surface area (Å²) >= 11 is 0. The molecule has 9 nitrogen and oxygen atoms in total. The highest BCUT2D eigenvalue weighted by molar-refractivity contribution is 5.90. The molecule has 2 heterocycles. The van der Waals surface area contributed by atoms with E-state index in [1.165, 1.54) is 4.68 Å². The zero-order valence-corrected chi connectivity index (χ0v) is 11.3. The summed E-state index contributed by atoms with van der Waals surface area (Å²) in [6, 6.07) is 0. The first-order valence-corrected chi connectivity index (χ1v) is 5.85. The van der Waals surface area contributed by atoms with Crippen LogP contribution in [-0.2, 0) is 18.4 Å².